The molecule has 0 unspecified atom stereocenters. The number of aromatic nitrogens is 2. The third-order valence-corrected chi connectivity index (χ3v) is 12.4. The Morgan fingerprint density at radius 1 is 0.508 bits per heavy atom. The summed E-state index contributed by atoms with van der Waals surface area (Å²) >= 11 is 0. The van der Waals surface area contributed by atoms with Crippen LogP contribution in [0.25, 0.3) is 27.6 Å². The van der Waals surface area contributed by atoms with E-state index in [1.54, 1.807) is 0 Å². The second-order valence-electron chi connectivity index (χ2n) is 19.6. The van der Waals surface area contributed by atoms with Crippen molar-refractivity contribution >= 4 is 38.9 Å². The SMILES string of the molecule is CN1[CH-]N(c2[c-]c(C(c3[c-]c4c(cc3)c3ccccc3n4-c3cc(C(C)(C)C)ccn3)(c3ccccc3)c3ccccc3)cc(C(C)(C)C)c2)c2cc(C(C)(C)C)ccc21.[Pt]. The molecule has 8 aromatic rings. The van der Waals surface area contributed by atoms with E-state index in [9.17, 15) is 0 Å². The van der Waals surface area contributed by atoms with Gasteiger partial charge in [-0.1, -0.05) is 153 Å². The molecule has 3 heterocycles. The van der Waals surface area contributed by atoms with Gasteiger partial charge in [-0.3, -0.25) is 0 Å². The molecular weight excluding hydrogens is 924 g/mol. The maximum atomic E-state index is 5.03. The van der Waals surface area contributed by atoms with E-state index in [1.165, 1.54) is 27.8 Å². The zero-order valence-electron chi connectivity index (χ0n) is 37.0. The number of hydrogen-bond donors (Lipinski definition) is 0. The van der Waals surface area contributed by atoms with Crippen molar-refractivity contribution in [1.82, 2.24) is 9.55 Å². The Bertz CT molecular complexity index is 2830. The molecule has 61 heavy (non-hydrogen) atoms. The molecule has 0 saturated carbocycles. The first-order chi connectivity index (χ1) is 28.5. The van der Waals surface area contributed by atoms with Gasteiger partial charge in [-0.2, -0.15) is 42.6 Å². The average molecular weight is 979 g/mol. The summed E-state index contributed by atoms with van der Waals surface area (Å²) in [5.41, 5.74) is 12.6. The van der Waals surface area contributed by atoms with Crippen molar-refractivity contribution in [2.75, 3.05) is 16.8 Å². The van der Waals surface area contributed by atoms with Gasteiger partial charge in [0.15, 0.2) is 0 Å². The van der Waals surface area contributed by atoms with E-state index < -0.39 is 5.41 Å². The van der Waals surface area contributed by atoms with Crippen LogP contribution in [-0.4, -0.2) is 16.6 Å². The summed E-state index contributed by atoms with van der Waals surface area (Å²) in [6.07, 6.45) is 1.95. The molecule has 0 amide bonds. The molecule has 2 aromatic heterocycles. The predicted octanol–water partition coefficient (Wildman–Crippen LogP) is 13.8. The number of fused-ring (bicyclic) bond motifs is 4. The number of rotatable bonds is 6. The first kappa shape index (κ1) is 42.3. The second-order valence-corrected chi connectivity index (χ2v) is 19.6. The fraction of sp³-hybridized carbons (Fsp3) is 0.250. The smallest absolute Gasteiger partial charge is 0.135 e. The van der Waals surface area contributed by atoms with Crippen molar-refractivity contribution in [2.45, 2.75) is 84.0 Å². The maximum Gasteiger partial charge on any atom is 0.135 e. The van der Waals surface area contributed by atoms with E-state index in [0.29, 0.717) is 0 Å². The number of hydrogen-bond acceptors (Lipinski definition) is 3. The fourth-order valence-corrected chi connectivity index (χ4v) is 8.96. The Hall–Kier alpha value is -5.44. The van der Waals surface area contributed by atoms with Crippen LogP contribution in [0.5, 0.6) is 0 Å². The first-order valence-corrected chi connectivity index (χ1v) is 21.2. The van der Waals surface area contributed by atoms with Crippen LogP contribution in [0.2, 0.25) is 0 Å². The van der Waals surface area contributed by atoms with Crippen LogP contribution >= 0.6 is 0 Å². The standard InChI is InChI=1S/C56H55N4.Pt/c1-53(2,3)40-26-28-49-51(34-40)59(37-58(49)10)45-32-43(55(7,8)9)31-44(33-45)56(38-19-13-11-14-20-38,39-21-15-12-16-22-39)42-25-27-47-46-23-17-18-24-48(46)60(50(47)35-42)52-36-41(29-30-57-52)54(4,5)6;/h11-32,34,36-37H,1-10H3;/q-3;. The largest absolute Gasteiger partial charge is 0.504 e. The van der Waals surface area contributed by atoms with Crippen LogP contribution in [0.15, 0.2) is 146 Å². The zero-order valence-corrected chi connectivity index (χ0v) is 39.3. The van der Waals surface area contributed by atoms with E-state index in [4.69, 9.17) is 4.98 Å². The van der Waals surface area contributed by atoms with Crippen molar-refractivity contribution in [2.24, 2.45) is 0 Å². The molecule has 0 atom stereocenters. The Kier molecular flexibility index (Phi) is 10.7. The summed E-state index contributed by atoms with van der Waals surface area (Å²) in [5, 5.41) is 2.32. The zero-order chi connectivity index (χ0) is 42.2. The summed E-state index contributed by atoms with van der Waals surface area (Å²) in [5.74, 6) is 0.887. The van der Waals surface area contributed by atoms with Gasteiger partial charge in [-0.25, -0.2) is 4.98 Å². The Labute approximate surface area is 377 Å². The molecule has 1 aliphatic heterocycles. The Morgan fingerprint density at radius 3 is 1.75 bits per heavy atom. The molecule has 0 radical (unpaired) electrons. The van der Waals surface area contributed by atoms with Crippen molar-refractivity contribution < 1.29 is 21.1 Å². The topological polar surface area (TPSA) is 24.3 Å². The van der Waals surface area contributed by atoms with Crippen LogP contribution in [0.4, 0.5) is 17.1 Å². The Morgan fingerprint density at radius 2 is 1.11 bits per heavy atom. The van der Waals surface area contributed by atoms with Gasteiger partial charge in [0.25, 0.3) is 0 Å². The van der Waals surface area contributed by atoms with Gasteiger partial charge < -0.3 is 14.4 Å². The number of para-hydroxylation sites is 1. The number of nitrogens with zero attached hydrogens (tertiary/aromatic N) is 4. The minimum atomic E-state index is -0.809. The van der Waals surface area contributed by atoms with E-state index >= 15 is 0 Å². The summed E-state index contributed by atoms with van der Waals surface area (Å²) in [4.78, 5) is 9.59. The molecule has 1 aliphatic rings. The third-order valence-electron chi connectivity index (χ3n) is 12.4. The van der Waals surface area contributed by atoms with Crippen LogP contribution in [0.3, 0.4) is 0 Å². The molecule has 0 saturated heterocycles. The van der Waals surface area contributed by atoms with Crippen molar-refractivity contribution in [3.63, 3.8) is 0 Å². The molecule has 5 heteroatoms. The molecule has 312 valence electrons. The van der Waals surface area contributed by atoms with Crippen LogP contribution in [-0.2, 0) is 42.7 Å². The Balaban J connectivity index is 0.00000514. The van der Waals surface area contributed by atoms with Gasteiger partial charge in [0.2, 0.25) is 0 Å². The quantitative estimate of drug-likeness (QED) is 0.123. The van der Waals surface area contributed by atoms with Crippen LogP contribution < -0.4 is 9.80 Å². The molecular formula is C56H55N4Pt-3. The molecule has 0 N–H and O–H groups in total. The molecule has 0 fully saturated rings. The number of pyridine rings is 1. The van der Waals surface area contributed by atoms with Crippen LogP contribution in [0, 0.1) is 18.8 Å². The third kappa shape index (κ3) is 7.31. The fourth-order valence-electron chi connectivity index (χ4n) is 8.96. The van der Waals surface area contributed by atoms with Crippen LogP contribution in [0.1, 0.15) is 101 Å². The molecule has 9 rings (SSSR count). The van der Waals surface area contributed by atoms with Gasteiger partial charge >= 0.3 is 0 Å². The normalized spacial score (nSPS) is 13.5. The van der Waals surface area contributed by atoms with E-state index in [1.807, 2.05) is 6.20 Å². The predicted molar refractivity (Wildman–Crippen MR) is 252 cm³/mol. The second kappa shape index (κ2) is 15.5. The minimum absolute atomic E-state index is 0. The summed E-state index contributed by atoms with van der Waals surface area (Å²) in [7, 11) is 2.14. The van der Waals surface area contributed by atoms with Gasteiger partial charge in [0.1, 0.15) is 5.82 Å². The molecule has 0 aliphatic carbocycles. The van der Waals surface area contributed by atoms with E-state index in [-0.39, 0.29) is 37.3 Å². The summed E-state index contributed by atoms with van der Waals surface area (Å²) in [6, 6.07) is 59.5. The number of anilines is 3. The van der Waals surface area contributed by atoms with Crippen molar-refractivity contribution in [1.29, 1.82) is 0 Å². The van der Waals surface area contributed by atoms with Gasteiger partial charge in [-0.05, 0) is 81.3 Å². The van der Waals surface area contributed by atoms with Crippen molar-refractivity contribution in [3.05, 3.63) is 203 Å². The minimum Gasteiger partial charge on any atom is -0.504 e. The summed E-state index contributed by atoms with van der Waals surface area (Å²) < 4.78 is 2.31. The van der Waals surface area contributed by atoms with Gasteiger partial charge in [0.05, 0.1) is 0 Å². The van der Waals surface area contributed by atoms with Crippen molar-refractivity contribution in [3.8, 4) is 5.82 Å². The average Bonchev–Trinajstić information content (AvgIpc) is 3.75. The van der Waals surface area contributed by atoms with Gasteiger partial charge in [0, 0.05) is 49.6 Å². The first-order valence-electron chi connectivity index (χ1n) is 21.2. The molecule has 4 nitrogen and oxygen atoms in total. The number of benzene rings is 6. The molecule has 6 aromatic carbocycles. The van der Waals surface area contributed by atoms with E-state index in [2.05, 4.69) is 242 Å². The molecule has 0 bridgehead atoms. The summed E-state index contributed by atoms with van der Waals surface area (Å²) in [6.45, 7) is 22.8. The molecule has 0 spiro atoms. The van der Waals surface area contributed by atoms with E-state index in [0.717, 1.165) is 55.9 Å². The maximum absolute atomic E-state index is 5.03. The monoisotopic (exact) mass is 978 g/mol. The van der Waals surface area contributed by atoms with Gasteiger partial charge in [-0.15, -0.1) is 28.3 Å².